The van der Waals surface area contributed by atoms with E-state index in [-0.39, 0.29) is 28.7 Å². The Morgan fingerprint density at radius 3 is 2.58 bits per heavy atom. The van der Waals surface area contributed by atoms with Gasteiger partial charge in [-0.3, -0.25) is 19.8 Å². The Labute approximate surface area is 182 Å². The number of carbonyl (C=O) groups is 4. The number of halogens is 1. The quantitative estimate of drug-likeness (QED) is 0.544. The maximum Gasteiger partial charge on any atom is 0.335 e. The second-order valence-electron chi connectivity index (χ2n) is 7.49. The van der Waals surface area contributed by atoms with Crippen LogP contribution in [0.5, 0.6) is 0 Å². The van der Waals surface area contributed by atoms with E-state index in [1.165, 1.54) is 30.3 Å². The van der Waals surface area contributed by atoms with Crippen LogP contribution in [0.2, 0.25) is 5.02 Å². The molecule has 8 nitrogen and oxygen atoms in total. The maximum atomic E-state index is 12.9. The first-order chi connectivity index (χ1) is 14.8. The summed E-state index contributed by atoms with van der Waals surface area (Å²) in [6, 6.07) is 6.37. The van der Waals surface area contributed by atoms with Crippen LogP contribution in [0.1, 0.15) is 48.2 Å². The van der Waals surface area contributed by atoms with Gasteiger partial charge in [-0.05, 0) is 49.2 Å². The predicted octanol–water partition coefficient (Wildman–Crippen LogP) is 4.09. The first-order valence-electron chi connectivity index (χ1n) is 9.89. The summed E-state index contributed by atoms with van der Waals surface area (Å²) < 4.78 is 5.70. The van der Waals surface area contributed by atoms with E-state index in [4.69, 9.17) is 16.0 Å². The number of hydrogen-bond donors (Lipinski definition) is 2. The molecule has 160 valence electrons. The van der Waals surface area contributed by atoms with Gasteiger partial charge in [-0.1, -0.05) is 30.9 Å². The van der Waals surface area contributed by atoms with Crippen LogP contribution < -0.4 is 5.32 Å². The van der Waals surface area contributed by atoms with Crippen molar-refractivity contribution in [3.63, 3.8) is 0 Å². The van der Waals surface area contributed by atoms with E-state index >= 15 is 0 Å². The van der Waals surface area contributed by atoms with Gasteiger partial charge >= 0.3 is 12.0 Å². The van der Waals surface area contributed by atoms with Gasteiger partial charge in [-0.15, -0.1) is 0 Å². The van der Waals surface area contributed by atoms with Crippen LogP contribution in [0.4, 0.5) is 4.79 Å². The fourth-order valence-corrected chi connectivity index (χ4v) is 4.12. The monoisotopic (exact) mass is 442 g/mol. The number of carboxylic acids is 1. The van der Waals surface area contributed by atoms with Crippen molar-refractivity contribution in [2.24, 2.45) is 0 Å². The SMILES string of the molecule is O=C1NC(=O)N(C2CCCCC2)C(=O)C1=Cc1ccc(-c2cc(C(=O)O)ccc2Cl)o1. The molecule has 1 saturated heterocycles. The van der Waals surface area contributed by atoms with E-state index in [0.29, 0.717) is 23.4 Å². The van der Waals surface area contributed by atoms with Crippen LogP contribution >= 0.6 is 11.6 Å². The smallest absolute Gasteiger partial charge is 0.335 e. The molecule has 1 aliphatic heterocycles. The van der Waals surface area contributed by atoms with Crippen molar-refractivity contribution in [2.45, 2.75) is 38.1 Å². The van der Waals surface area contributed by atoms with Gasteiger partial charge in [0.1, 0.15) is 17.1 Å². The molecule has 1 aromatic carbocycles. The zero-order chi connectivity index (χ0) is 22.1. The summed E-state index contributed by atoms with van der Waals surface area (Å²) in [6.45, 7) is 0. The molecule has 9 heteroatoms. The largest absolute Gasteiger partial charge is 0.478 e. The molecule has 31 heavy (non-hydrogen) atoms. The summed E-state index contributed by atoms with van der Waals surface area (Å²) in [5.41, 5.74) is 0.209. The number of furan rings is 1. The zero-order valence-electron chi connectivity index (χ0n) is 16.4. The number of nitrogens with zero attached hydrogens (tertiary/aromatic N) is 1. The lowest BCUT2D eigenvalue weighted by atomic mass is 9.93. The molecule has 2 aliphatic rings. The average Bonchev–Trinajstić information content (AvgIpc) is 3.20. The number of barbiturate groups is 1. The minimum atomic E-state index is -1.11. The Morgan fingerprint density at radius 2 is 1.87 bits per heavy atom. The summed E-state index contributed by atoms with van der Waals surface area (Å²) >= 11 is 6.17. The van der Waals surface area contributed by atoms with Crippen LogP contribution in [0.3, 0.4) is 0 Å². The molecule has 4 rings (SSSR count). The second-order valence-corrected chi connectivity index (χ2v) is 7.89. The second kappa shape index (κ2) is 8.39. The number of carboxylic acid groups (broad SMARTS) is 1. The van der Waals surface area contributed by atoms with Crippen molar-refractivity contribution in [1.82, 2.24) is 10.2 Å². The minimum Gasteiger partial charge on any atom is -0.478 e. The normalized spacial score (nSPS) is 19.1. The summed E-state index contributed by atoms with van der Waals surface area (Å²) in [5, 5.41) is 11.7. The first-order valence-corrected chi connectivity index (χ1v) is 10.3. The molecule has 1 aromatic heterocycles. The van der Waals surface area contributed by atoms with Gasteiger partial charge in [0, 0.05) is 11.6 Å². The molecule has 0 bridgehead atoms. The molecule has 0 atom stereocenters. The van der Waals surface area contributed by atoms with Crippen molar-refractivity contribution in [3.05, 3.63) is 52.3 Å². The lowest BCUT2D eigenvalue weighted by molar-refractivity contribution is -0.132. The van der Waals surface area contributed by atoms with E-state index in [1.54, 1.807) is 6.07 Å². The Morgan fingerprint density at radius 1 is 1.13 bits per heavy atom. The lowest BCUT2D eigenvalue weighted by Gasteiger charge is -2.35. The van der Waals surface area contributed by atoms with Crippen LogP contribution in [0.25, 0.3) is 17.4 Å². The van der Waals surface area contributed by atoms with Crippen molar-refractivity contribution >= 4 is 41.5 Å². The summed E-state index contributed by atoms with van der Waals surface area (Å²) in [4.78, 5) is 49.9. The summed E-state index contributed by atoms with van der Waals surface area (Å²) in [6.07, 6.45) is 5.60. The fourth-order valence-electron chi connectivity index (χ4n) is 3.91. The molecule has 2 heterocycles. The molecular formula is C22H19ClN2O6. The number of carbonyl (C=O) groups excluding carboxylic acids is 3. The van der Waals surface area contributed by atoms with Crippen molar-refractivity contribution in [3.8, 4) is 11.3 Å². The predicted molar refractivity (Wildman–Crippen MR) is 111 cm³/mol. The summed E-state index contributed by atoms with van der Waals surface area (Å²) in [5.74, 6) is -2.06. The third-order valence-corrected chi connectivity index (χ3v) is 5.79. The van der Waals surface area contributed by atoms with E-state index in [9.17, 15) is 24.3 Å². The number of nitrogens with one attached hydrogen (secondary N) is 1. The summed E-state index contributed by atoms with van der Waals surface area (Å²) in [7, 11) is 0. The molecule has 1 aliphatic carbocycles. The average molecular weight is 443 g/mol. The van der Waals surface area contributed by atoms with E-state index < -0.39 is 23.8 Å². The van der Waals surface area contributed by atoms with Gasteiger partial charge in [0.2, 0.25) is 0 Å². The van der Waals surface area contributed by atoms with Gasteiger partial charge < -0.3 is 9.52 Å². The van der Waals surface area contributed by atoms with E-state index in [0.717, 1.165) is 24.2 Å². The van der Waals surface area contributed by atoms with Gasteiger partial charge in [0.15, 0.2) is 0 Å². The maximum absolute atomic E-state index is 12.9. The van der Waals surface area contributed by atoms with Crippen LogP contribution in [-0.2, 0) is 9.59 Å². The number of benzene rings is 1. The molecular weight excluding hydrogens is 424 g/mol. The molecule has 2 fully saturated rings. The Balaban J connectivity index is 1.64. The molecule has 0 spiro atoms. The molecule has 2 aromatic rings. The van der Waals surface area contributed by atoms with E-state index in [2.05, 4.69) is 5.32 Å². The number of amides is 4. The standard InChI is InChI=1S/C22H19ClN2O6/c23-17-8-6-12(21(28)29)10-15(17)18-9-7-14(31-18)11-16-19(26)24-22(30)25(20(16)27)13-4-2-1-3-5-13/h6-11,13H,1-5H2,(H,28,29)(H,24,26,30). The molecule has 2 N–H and O–H groups in total. The van der Waals surface area contributed by atoms with Gasteiger partial charge in [0.05, 0.1) is 10.6 Å². The Kier molecular flexibility index (Phi) is 5.65. The highest BCUT2D eigenvalue weighted by Gasteiger charge is 2.40. The van der Waals surface area contributed by atoms with Crippen molar-refractivity contribution in [2.75, 3.05) is 0 Å². The van der Waals surface area contributed by atoms with Crippen molar-refractivity contribution in [1.29, 1.82) is 0 Å². The molecule has 1 saturated carbocycles. The minimum absolute atomic E-state index is 0.0409. The van der Waals surface area contributed by atoms with Crippen molar-refractivity contribution < 1.29 is 28.7 Å². The third-order valence-electron chi connectivity index (χ3n) is 5.47. The number of rotatable bonds is 4. The molecule has 0 radical (unpaired) electrons. The van der Waals surface area contributed by atoms with E-state index in [1.807, 2.05) is 0 Å². The van der Waals surface area contributed by atoms with Gasteiger partial charge in [0.25, 0.3) is 11.8 Å². The fraction of sp³-hybridized carbons (Fsp3) is 0.273. The molecule has 4 amide bonds. The van der Waals surface area contributed by atoms with Crippen LogP contribution in [-0.4, -0.2) is 39.9 Å². The Bertz CT molecular complexity index is 1110. The third kappa shape index (κ3) is 4.11. The highest BCUT2D eigenvalue weighted by atomic mass is 35.5. The van der Waals surface area contributed by atoms with Crippen LogP contribution in [0, 0.1) is 0 Å². The highest BCUT2D eigenvalue weighted by Crippen LogP contribution is 2.32. The molecule has 0 unspecified atom stereocenters. The Hall–Kier alpha value is -3.39. The lowest BCUT2D eigenvalue weighted by Crippen LogP contribution is -2.58. The highest BCUT2D eigenvalue weighted by molar-refractivity contribution is 6.33. The van der Waals surface area contributed by atoms with Gasteiger partial charge in [-0.2, -0.15) is 0 Å². The number of aromatic carboxylic acids is 1. The first kappa shape index (κ1) is 20.9. The topological polar surface area (TPSA) is 117 Å². The number of imide groups is 2. The zero-order valence-corrected chi connectivity index (χ0v) is 17.1. The number of urea groups is 1. The van der Waals surface area contributed by atoms with Gasteiger partial charge in [-0.25, -0.2) is 9.59 Å². The number of hydrogen-bond acceptors (Lipinski definition) is 5. The van der Waals surface area contributed by atoms with Crippen LogP contribution in [0.15, 0.2) is 40.3 Å².